The summed E-state index contributed by atoms with van der Waals surface area (Å²) in [7, 11) is 0. The molecule has 0 radical (unpaired) electrons. The number of aromatic amines is 1. The Bertz CT molecular complexity index is 902. The normalized spacial score (nSPS) is 11.0. The summed E-state index contributed by atoms with van der Waals surface area (Å²) in [5.74, 6) is 0. The highest BCUT2D eigenvalue weighted by Crippen LogP contribution is 2.30. The van der Waals surface area contributed by atoms with E-state index in [1.54, 1.807) is 0 Å². The summed E-state index contributed by atoms with van der Waals surface area (Å²) < 4.78 is 1.12. The fourth-order valence-electron chi connectivity index (χ4n) is 2.75. The van der Waals surface area contributed by atoms with Crippen LogP contribution in [0.4, 0.5) is 0 Å². The molecule has 1 heterocycles. The van der Waals surface area contributed by atoms with E-state index in [2.05, 4.69) is 93.7 Å². The van der Waals surface area contributed by atoms with Gasteiger partial charge in [-0.15, -0.1) is 0 Å². The molecule has 3 aromatic carbocycles. The lowest BCUT2D eigenvalue weighted by atomic mass is 10.0. The Morgan fingerprint density at radius 2 is 1.36 bits per heavy atom. The van der Waals surface area contributed by atoms with Crippen molar-refractivity contribution in [3.05, 3.63) is 83.3 Å². The molecule has 0 unspecified atom stereocenters. The second-order valence-corrected chi connectivity index (χ2v) is 6.18. The van der Waals surface area contributed by atoms with Gasteiger partial charge >= 0.3 is 0 Å². The van der Waals surface area contributed by atoms with E-state index in [0.717, 1.165) is 10.2 Å². The van der Waals surface area contributed by atoms with Gasteiger partial charge in [0.15, 0.2) is 0 Å². The first-order valence-corrected chi connectivity index (χ1v) is 8.04. The van der Waals surface area contributed by atoms with Crippen molar-refractivity contribution in [2.45, 2.75) is 0 Å². The summed E-state index contributed by atoms with van der Waals surface area (Å²) in [6.45, 7) is 0. The van der Waals surface area contributed by atoms with E-state index in [9.17, 15) is 0 Å². The smallest absolute Gasteiger partial charge is 0.0464 e. The van der Waals surface area contributed by atoms with Crippen molar-refractivity contribution in [1.29, 1.82) is 0 Å². The highest BCUT2D eigenvalue weighted by Gasteiger charge is 2.05. The fraction of sp³-hybridized carbons (Fsp3) is 0. The zero-order valence-electron chi connectivity index (χ0n) is 11.9. The van der Waals surface area contributed by atoms with E-state index >= 15 is 0 Å². The number of rotatable bonds is 2. The Morgan fingerprint density at radius 3 is 2.14 bits per heavy atom. The summed E-state index contributed by atoms with van der Waals surface area (Å²) in [5, 5.41) is 1.24. The van der Waals surface area contributed by atoms with Crippen LogP contribution in [0.1, 0.15) is 0 Å². The monoisotopic (exact) mass is 347 g/mol. The number of aromatic nitrogens is 1. The Kier molecular flexibility index (Phi) is 3.32. The highest BCUT2D eigenvalue weighted by atomic mass is 79.9. The number of H-pyrrole nitrogens is 1. The van der Waals surface area contributed by atoms with Crippen LogP contribution in [0.2, 0.25) is 0 Å². The predicted molar refractivity (Wildman–Crippen MR) is 96.9 cm³/mol. The molecule has 2 heteroatoms. The summed E-state index contributed by atoms with van der Waals surface area (Å²) in [6, 6.07) is 27.5. The molecule has 0 saturated carbocycles. The van der Waals surface area contributed by atoms with Crippen LogP contribution >= 0.6 is 15.9 Å². The fourth-order valence-corrected chi connectivity index (χ4v) is 3.27. The lowest BCUT2D eigenvalue weighted by molar-refractivity contribution is 1.45. The number of hydrogen-bond acceptors (Lipinski definition) is 0. The van der Waals surface area contributed by atoms with Crippen LogP contribution in [-0.2, 0) is 0 Å². The van der Waals surface area contributed by atoms with Gasteiger partial charge in [-0.2, -0.15) is 0 Å². The zero-order valence-corrected chi connectivity index (χ0v) is 13.5. The molecule has 4 rings (SSSR count). The van der Waals surface area contributed by atoms with Gasteiger partial charge in [0.2, 0.25) is 0 Å². The first kappa shape index (κ1) is 13.4. The molecule has 0 saturated heterocycles. The Labute approximate surface area is 137 Å². The van der Waals surface area contributed by atoms with Crippen LogP contribution in [0.25, 0.3) is 33.3 Å². The summed E-state index contributed by atoms with van der Waals surface area (Å²) in [5.41, 5.74) is 5.96. The molecular weight excluding hydrogens is 334 g/mol. The lowest BCUT2D eigenvalue weighted by Crippen LogP contribution is -1.81. The van der Waals surface area contributed by atoms with E-state index in [1.807, 2.05) is 6.07 Å². The van der Waals surface area contributed by atoms with E-state index in [-0.39, 0.29) is 0 Å². The summed E-state index contributed by atoms with van der Waals surface area (Å²) in [6.07, 6.45) is 0. The standard InChI is InChI=1S/C20H14BrN/c21-18-7-3-2-6-17(18)14-9-11-15(12-10-14)20-13-16-5-1-4-8-19(16)22-20/h1-13,22H. The second kappa shape index (κ2) is 5.47. The van der Waals surface area contributed by atoms with Crippen molar-refractivity contribution in [3.63, 3.8) is 0 Å². The number of benzene rings is 3. The van der Waals surface area contributed by atoms with E-state index in [1.165, 1.54) is 27.6 Å². The van der Waals surface area contributed by atoms with Crippen molar-refractivity contribution in [1.82, 2.24) is 4.98 Å². The third kappa shape index (κ3) is 2.36. The van der Waals surface area contributed by atoms with Crippen LogP contribution in [0, 0.1) is 0 Å². The maximum atomic E-state index is 3.61. The van der Waals surface area contributed by atoms with Gasteiger partial charge in [0, 0.05) is 21.1 Å². The molecule has 1 N–H and O–H groups in total. The first-order valence-electron chi connectivity index (χ1n) is 7.24. The minimum Gasteiger partial charge on any atom is -0.355 e. The largest absolute Gasteiger partial charge is 0.355 e. The minimum atomic E-state index is 1.12. The molecule has 0 aliphatic rings. The zero-order chi connectivity index (χ0) is 14.9. The molecule has 0 spiro atoms. The maximum Gasteiger partial charge on any atom is 0.0464 e. The summed E-state index contributed by atoms with van der Waals surface area (Å²) >= 11 is 3.61. The molecule has 0 aliphatic heterocycles. The average molecular weight is 348 g/mol. The molecule has 22 heavy (non-hydrogen) atoms. The number of halogens is 1. The molecule has 106 valence electrons. The van der Waals surface area contributed by atoms with Gasteiger partial charge in [0.1, 0.15) is 0 Å². The van der Waals surface area contributed by atoms with Crippen LogP contribution < -0.4 is 0 Å². The van der Waals surface area contributed by atoms with Crippen LogP contribution in [0.3, 0.4) is 0 Å². The highest BCUT2D eigenvalue weighted by molar-refractivity contribution is 9.10. The van der Waals surface area contributed by atoms with Crippen molar-refractivity contribution in [3.8, 4) is 22.4 Å². The van der Waals surface area contributed by atoms with Gasteiger partial charge in [-0.25, -0.2) is 0 Å². The first-order chi connectivity index (χ1) is 10.8. The topological polar surface area (TPSA) is 15.8 Å². The Balaban J connectivity index is 1.74. The molecule has 4 aromatic rings. The molecule has 0 amide bonds. The number of hydrogen-bond donors (Lipinski definition) is 1. The van der Waals surface area contributed by atoms with Crippen molar-refractivity contribution >= 4 is 26.8 Å². The third-order valence-electron chi connectivity index (χ3n) is 3.91. The lowest BCUT2D eigenvalue weighted by Gasteiger charge is -2.05. The van der Waals surface area contributed by atoms with Crippen molar-refractivity contribution < 1.29 is 0 Å². The summed E-state index contributed by atoms with van der Waals surface area (Å²) in [4.78, 5) is 3.47. The van der Waals surface area contributed by atoms with Gasteiger partial charge in [-0.1, -0.05) is 76.6 Å². The number of fused-ring (bicyclic) bond motifs is 1. The Morgan fingerprint density at radius 1 is 0.682 bits per heavy atom. The molecule has 1 aromatic heterocycles. The Hall–Kier alpha value is -2.32. The minimum absolute atomic E-state index is 1.12. The maximum absolute atomic E-state index is 3.61. The van der Waals surface area contributed by atoms with E-state index < -0.39 is 0 Å². The SMILES string of the molecule is Brc1ccccc1-c1ccc(-c2cc3ccccc3[nH]2)cc1. The van der Waals surface area contributed by atoms with Crippen LogP contribution in [0.15, 0.2) is 83.3 Å². The molecular formula is C20H14BrN. The molecule has 0 aliphatic carbocycles. The van der Waals surface area contributed by atoms with Crippen LogP contribution in [-0.4, -0.2) is 4.98 Å². The van der Waals surface area contributed by atoms with Gasteiger partial charge in [-0.05, 0) is 34.9 Å². The predicted octanol–water partition coefficient (Wildman–Crippen LogP) is 6.26. The second-order valence-electron chi connectivity index (χ2n) is 5.33. The number of para-hydroxylation sites is 1. The molecule has 1 nitrogen and oxygen atoms in total. The molecule has 0 fully saturated rings. The van der Waals surface area contributed by atoms with Gasteiger partial charge < -0.3 is 4.98 Å². The van der Waals surface area contributed by atoms with E-state index in [4.69, 9.17) is 0 Å². The van der Waals surface area contributed by atoms with Crippen LogP contribution in [0.5, 0.6) is 0 Å². The van der Waals surface area contributed by atoms with Gasteiger partial charge in [0.25, 0.3) is 0 Å². The van der Waals surface area contributed by atoms with Crippen molar-refractivity contribution in [2.75, 3.05) is 0 Å². The van der Waals surface area contributed by atoms with E-state index in [0.29, 0.717) is 0 Å². The van der Waals surface area contributed by atoms with Gasteiger partial charge in [0.05, 0.1) is 0 Å². The average Bonchev–Trinajstić information content (AvgIpc) is 2.99. The molecule has 0 bridgehead atoms. The quantitative estimate of drug-likeness (QED) is 0.440. The van der Waals surface area contributed by atoms with Crippen molar-refractivity contribution in [2.24, 2.45) is 0 Å². The molecule has 0 atom stereocenters. The van der Waals surface area contributed by atoms with Gasteiger partial charge in [-0.3, -0.25) is 0 Å². The third-order valence-corrected chi connectivity index (χ3v) is 4.60. The number of nitrogens with one attached hydrogen (secondary N) is 1.